The lowest BCUT2D eigenvalue weighted by Crippen LogP contribution is -2.47. The Kier molecular flexibility index (Phi) is 6.57. The number of nitrogens with zero attached hydrogens (tertiary/aromatic N) is 1. The lowest BCUT2D eigenvalue weighted by atomic mass is 10.1. The average molecular weight is 238 g/mol. The summed E-state index contributed by atoms with van der Waals surface area (Å²) in [5.74, 6) is 3.51. The van der Waals surface area contributed by atoms with Crippen LogP contribution in [0.4, 0.5) is 0 Å². The Labute approximate surface area is 106 Å². The normalized spacial score (nSPS) is 19.0. The summed E-state index contributed by atoms with van der Waals surface area (Å²) >= 11 is 0. The van der Waals surface area contributed by atoms with E-state index >= 15 is 0 Å². The van der Waals surface area contributed by atoms with Crippen molar-refractivity contribution in [2.45, 2.75) is 38.8 Å². The third-order valence-corrected chi connectivity index (χ3v) is 3.61. The Morgan fingerprint density at radius 1 is 1.47 bits per heavy atom. The van der Waals surface area contributed by atoms with Crippen molar-refractivity contribution in [2.24, 2.45) is 5.92 Å². The van der Waals surface area contributed by atoms with Crippen LogP contribution in [0.25, 0.3) is 0 Å². The van der Waals surface area contributed by atoms with Crippen molar-refractivity contribution in [2.75, 3.05) is 33.4 Å². The molecule has 98 valence electrons. The maximum Gasteiger partial charge on any atom is 0.0589 e. The Morgan fingerprint density at radius 2 is 2.18 bits per heavy atom. The van der Waals surface area contributed by atoms with Crippen LogP contribution in [0.15, 0.2) is 0 Å². The Hall–Kier alpha value is -0.560. The fourth-order valence-corrected chi connectivity index (χ4v) is 2.34. The molecule has 0 saturated heterocycles. The van der Waals surface area contributed by atoms with Crippen LogP contribution in [0.3, 0.4) is 0 Å². The van der Waals surface area contributed by atoms with Crippen LogP contribution in [0.5, 0.6) is 0 Å². The van der Waals surface area contributed by atoms with Crippen molar-refractivity contribution in [3.63, 3.8) is 0 Å². The number of rotatable bonds is 9. The highest BCUT2D eigenvalue weighted by Gasteiger charge is 2.33. The number of ether oxygens (including phenoxy) is 1. The molecule has 17 heavy (non-hydrogen) atoms. The number of hydrogen-bond acceptors (Lipinski definition) is 3. The molecule has 0 aliphatic heterocycles. The molecule has 3 nitrogen and oxygen atoms in total. The van der Waals surface area contributed by atoms with Gasteiger partial charge in [-0.25, -0.2) is 0 Å². The van der Waals surface area contributed by atoms with Gasteiger partial charge in [0.15, 0.2) is 0 Å². The molecule has 1 N–H and O–H groups in total. The summed E-state index contributed by atoms with van der Waals surface area (Å²) in [5.41, 5.74) is 0. The molecule has 3 heteroatoms. The van der Waals surface area contributed by atoms with E-state index < -0.39 is 0 Å². The van der Waals surface area contributed by atoms with Crippen molar-refractivity contribution < 1.29 is 4.74 Å². The first-order valence-electron chi connectivity index (χ1n) is 6.59. The summed E-state index contributed by atoms with van der Waals surface area (Å²) in [4.78, 5) is 2.55. The van der Waals surface area contributed by atoms with Gasteiger partial charge in [-0.2, -0.15) is 0 Å². The third kappa shape index (κ3) is 5.08. The topological polar surface area (TPSA) is 24.5 Å². The van der Waals surface area contributed by atoms with Gasteiger partial charge in [0.2, 0.25) is 0 Å². The fraction of sp³-hybridized carbons (Fsp3) is 0.857. The summed E-state index contributed by atoms with van der Waals surface area (Å²) < 4.78 is 5.20. The largest absolute Gasteiger partial charge is 0.383 e. The van der Waals surface area contributed by atoms with Gasteiger partial charge in [-0.3, -0.25) is 4.90 Å². The SMILES string of the molecule is C#CCNCC(C)N(CCOC)C(C)C1CC1. The predicted molar refractivity (Wildman–Crippen MR) is 71.9 cm³/mol. The molecule has 0 radical (unpaired) electrons. The minimum Gasteiger partial charge on any atom is -0.383 e. The molecular weight excluding hydrogens is 212 g/mol. The van der Waals surface area contributed by atoms with Gasteiger partial charge < -0.3 is 10.1 Å². The van der Waals surface area contributed by atoms with Crippen molar-refractivity contribution in [3.05, 3.63) is 0 Å². The Morgan fingerprint density at radius 3 is 2.71 bits per heavy atom. The van der Waals surface area contributed by atoms with Gasteiger partial charge in [0.1, 0.15) is 0 Å². The first-order chi connectivity index (χ1) is 8.20. The minimum atomic E-state index is 0.508. The van der Waals surface area contributed by atoms with Crippen LogP contribution in [0.1, 0.15) is 26.7 Å². The highest BCUT2D eigenvalue weighted by Crippen LogP contribution is 2.35. The van der Waals surface area contributed by atoms with E-state index in [-0.39, 0.29) is 0 Å². The Bertz CT molecular complexity index is 245. The second kappa shape index (κ2) is 7.71. The van der Waals surface area contributed by atoms with Gasteiger partial charge >= 0.3 is 0 Å². The Balaban J connectivity index is 2.39. The first kappa shape index (κ1) is 14.5. The van der Waals surface area contributed by atoms with Crippen molar-refractivity contribution >= 4 is 0 Å². The van der Waals surface area contributed by atoms with E-state index in [4.69, 9.17) is 11.2 Å². The van der Waals surface area contributed by atoms with E-state index in [0.29, 0.717) is 18.6 Å². The molecule has 1 aliphatic rings. The van der Waals surface area contributed by atoms with Crippen LogP contribution < -0.4 is 5.32 Å². The first-order valence-corrected chi connectivity index (χ1v) is 6.59. The molecule has 0 aromatic carbocycles. The zero-order valence-corrected chi connectivity index (χ0v) is 11.4. The summed E-state index contributed by atoms with van der Waals surface area (Å²) in [6.07, 6.45) is 8.01. The zero-order valence-electron chi connectivity index (χ0n) is 11.4. The molecule has 2 unspecified atom stereocenters. The lowest BCUT2D eigenvalue weighted by molar-refractivity contribution is 0.0873. The van der Waals surface area contributed by atoms with Crippen molar-refractivity contribution in [1.29, 1.82) is 0 Å². The maximum atomic E-state index is 5.24. The van der Waals surface area contributed by atoms with Gasteiger partial charge in [-0.1, -0.05) is 5.92 Å². The molecule has 0 heterocycles. The second-order valence-corrected chi connectivity index (χ2v) is 4.99. The van der Waals surface area contributed by atoms with E-state index in [1.807, 2.05) is 0 Å². The number of methoxy groups -OCH3 is 1. The molecule has 2 atom stereocenters. The van der Waals surface area contributed by atoms with Crippen LogP contribution in [-0.4, -0.2) is 50.3 Å². The minimum absolute atomic E-state index is 0.508. The zero-order chi connectivity index (χ0) is 12.7. The average Bonchev–Trinajstić information content (AvgIpc) is 3.13. The molecule has 1 aliphatic carbocycles. The van der Waals surface area contributed by atoms with Gasteiger partial charge in [-0.15, -0.1) is 6.42 Å². The molecule has 0 amide bonds. The standard InChI is InChI=1S/C14H26N2O/c1-5-8-15-11-12(2)16(9-10-17-4)13(3)14-6-7-14/h1,12-15H,6-11H2,2-4H3. The number of nitrogens with one attached hydrogen (secondary N) is 1. The van der Waals surface area contributed by atoms with E-state index in [9.17, 15) is 0 Å². The fourth-order valence-electron chi connectivity index (χ4n) is 2.34. The maximum absolute atomic E-state index is 5.24. The molecule has 0 bridgehead atoms. The summed E-state index contributed by atoms with van der Waals surface area (Å²) in [7, 11) is 1.77. The highest BCUT2D eigenvalue weighted by molar-refractivity contribution is 4.90. The van der Waals surface area contributed by atoms with Crippen LogP contribution in [0.2, 0.25) is 0 Å². The molecule has 1 saturated carbocycles. The van der Waals surface area contributed by atoms with Gasteiger partial charge in [0, 0.05) is 32.3 Å². The van der Waals surface area contributed by atoms with E-state index in [0.717, 1.165) is 25.6 Å². The quantitative estimate of drug-likeness (QED) is 0.485. The van der Waals surface area contributed by atoms with Gasteiger partial charge in [0.25, 0.3) is 0 Å². The molecular formula is C14H26N2O. The summed E-state index contributed by atoms with van der Waals surface area (Å²) in [6.45, 7) is 8.01. The van der Waals surface area contributed by atoms with Gasteiger partial charge in [-0.05, 0) is 32.6 Å². The lowest BCUT2D eigenvalue weighted by Gasteiger charge is -2.34. The highest BCUT2D eigenvalue weighted by atomic mass is 16.5. The van der Waals surface area contributed by atoms with Gasteiger partial charge in [0.05, 0.1) is 13.2 Å². The second-order valence-electron chi connectivity index (χ2n) is 4.99. The summed E-state index contributed by atoms with van der Waals surface area (Å²) in [6, 6.07) is 1.17. The van der Waals surface area contributed by atoms with Crippen LogP contribution in [-0.2, 0) is 4.74 Å². The smallest absolute Gasteiger partial charge is 0.0589 e. The molecule has 1 fully saturated rings. The molecule has 1 rings (SSSR count). The molecule has 0 aromatic rings. The molecule has 0 spiro atoms. The van der Waals surface area contributed by atoms with Crippen molar-refractivity contribution in [1.82, 2.24) is 10.2 Å². The van der Waals surface area contributed by atoms with E-state index in [2.05, 4.69) is 30.0 Å². The van der Waals surface area contributed by atoms with Crippen LogP contribution >= 0.6 is 0 Å². The van der Waals surface area contributed by atoms with Crippen molar-refractivity contribution in [3.8, 4) is 12.3 Å². The number of hydrogen-bond donors (Lipinski definition) is 1. The van der Waals surface area contributed by atoms with E-state index in [1.165, 1.54) is 12.8 Å². The molecule has 0 aromatic heterocycles. The van der Waals surface area contributed by atoms with E-state index in [1.54, 1.807) is 7.11 Å². The van der Waals surface area contributed by atoms with Crippen LogP contribution in [0, 0.1) is 18.3 Å². The predicted octanol–water partition coefficient (Wildman–Crippen LogP) is 1.34. The monoisotopic (exact) mass is 238 g/mol. The third-order valence-electron chi connectivity index (χ3n) is 3.61. The summed E-state index contributed by atoms with van der Waals surface area (Å²) in [5, 5.41) is 3.29. The number of terminal acetylenes is 1.